The van der Waals surface area contributed by atoms with Gasteiger partial charge in [0, 0.05) is 12.6 Å². The number of aliphatic hydroxyl groups excluding tert-OH is 1. The Labute approximate surface area is 194 Å². The molecule has 1 aliphatic rings. The summed E-state index contributed by atoms with van der Waals surface area (Å²) < 4.78 is 5.10. The number of nitrogens with zero attached hydrogens (tertiary/aromatic N) is 2. The van der Waals surface area contributed by atoms with Gasteiger partial charge in [-0.3, -0.25) is 9.59 Å². The highest BCUT2D eigenvalue weighted by Gasteiger charge is 2.46. The lowest BCUT2D eigenvalue weighted by molar-refractivity contribution is -0.140. The van der Waals surface area contributed by atoms with Gasteiger partial charge < -0.3 is 24.7 Å². The van der Waals surface area contributed by atoms with Crippen LogP contribution in [0.25, 0.3) is 5.76 Å². The van der Waals surface area contributed by atoms with Gasteiger partial charge in [-0.1, -0.05) is 43.7 Å². The van der Waals surface area contributed by atoms with E-state index in [-0.39, 0.29) is 16.9 Å². The van der Waals surface area contributed by atoms with Crippen LogP contribution >= 0.6 is 0 Å². The second-order valence-corrected chi connectivity index (χ2v) is 8.17. The predicted molar refractivity (Wildman–Crippen MR) is 127 cm³/mol. The Balaban J connectivity index is 2.05. The van der Waals surface area contributed by atoms with Crippen molar-refractivity contribution in [3.63, 3.8) is 0 Å². The van der Waals surface area contributed by atoms with Crippen molar-refractivity contribution in [1.29, 1.82) is 0 Å². The summed E-state index contributed by atoms with van der Waals surface area (Å²) in [6, 6.07) is 11.2. The second-order valence-electron chi connectivity index (χ2n) is 8.17. The highest BCUT2D eigenvalue weighted by molar-refractivity contribution is 6.46. The molecule has 7 heteroatoms. The third-order valence-corrected chi connectivity index (χ3v) is 6.16. The lowest BCUT2D eigenvalue weighted by Crippen LogP contribution is -2.33. The number of amides is 1. The van der Waals surface area contributed by atoms with E-state index in [1.165, 1.54) is 24.1 Å². The van der Waals surface area contributed by atoms with Crippen LogP contribution in [0.3, 0.4) is 0 Å². The molecular weight excluding hydrogens is 420 g/mol. The summed E-state index contributed by atoms with van der Waals surface area (Å²) in [5.74, 6) is -1.62. The van der Waals surface area contributed by atoms with E-state index in [0.717, 1.165) is 30.8 Å². The molecule has 1 heterocycles. The third-order valence-electron chi connectivity index (χ3n) is 6.16. The third kappa shape index (κ3) is 5.03. The van der Waals surface area contributed by atoms with Crippen LogP contribution < -0.4 is 4.74 Å². The standard InChI is InChI=1S/C26H32N2O5/c1-5-27(6-2)14-7-15-28-23(18-10-8-17(3)9-11-18)22(25(31)26(28)32)24(30)20-13-12-19(33-4)16-21(20)29/h8-13,16,23,29-30H,5-7,14-15H2,1-4H3/t23-/m0/s1. The van der Waals surface area contributed by atoms with E-state index in [1.807, 2.05) is 31.2 Å². The van der Waals surface area contributed by atoms with Crippen LogP contribution in [0, 0.1) is 6.92 Å². The van der Waals surface area contributed by atoms with Crippen molar-refractivity contribution in [2.24, 2.45) is 0 Å². The molecule has 1 amide bonds. The Bertz CT molecular complexity index is 1040. The largest absolute Gasteiger partial charge is 0.507 e. The van der Waals surface area contributed by atoms with Crippen molar-refractivity contribution >= 4 is 17.4 Å². The number of rotatable bonds is 9. The quantitative estimate of drug-likeness (QED) is 0.341. The molecule has 0 aliphatic carbocycles. The summed E-state index contributed by atoms with van der Waals surface area (Å²) in [7, 11) is 1.47. The Morgan fingerprint density at radius 3 is 2.33 bits per heavy atom. The molecule has 0 unspecified atom stereocenters. The fourth-order valence-corrected chi connectivity index (χ4v) is 4.19. The van der Waals surface area contributed by atoms with Crippen LogP contribution in [-0.2, 0) is 9.59 Å². The summed E-state index contributed by atoms with van der Waals surface area (Å²) in [6.07, 6.45) is 0.699. The second kappa shape index (κ2) is 10.5. The van der Waals surface area contributed by atoms with Gasteiger partial charge in [-0.05, 0) is 50.7 Å². The van der Waals surface area contributed by atoms with E-state index >= 15 is 0 Å². The van der Waals surface area contributed by atoms with Crippen molar-refractivity contribution in [3.8, 4) is 11.5 Å². The zero-order valence-corrected chi connectivity index (χ0v) is 19.7. The van der Waals surface area contributed by atoms with Gasteiger partial charge in [0.05, 0.1) is 24.3 Å². The first-order chi connectivity index (χ1) is 15.8. The number of hydrogen-bond donors (Lipinski definition) is 2. The smallest absolute Gasteiger partial charge is 0.295 e. The Kier molecular flexibility index (Phi) is 7.76. The molecule has 2 aromatic rings. The molecule has 7 nitrogen and oxygen atoms in total. The van der Waals surface area contributed by atoms with Crippen molar-refractivity contribution in [2.75, 3.05) is 33.3 Å². The van der Waals surface area contributed by atoms with Crippen molar-refractivity contribution in [2.45, 2.75) is 33.2 Å². The van der Waals surface area contributed by atoms with E-state index in [0.29, 0.717) is 18.7 Å². The number of carbonyl (C=O) groups excluding carboxylic acids is 2. The summed E-state index contributed by atoms with van der Waals surface area (Å²) in [5.41, 5.74) is 1.84. The summed E-state index contributed by atoms with van der Waals surface area (Å²) in [4.78, 5) is 29.9. The summed E-state index contributed by atoms with van der Waals surface area (Å²) >= 11 is 0. The van der Waals surface area contributed by atoms with E-state index in [9.17, 15) is 19.8 Å². The molecular formula is C26H32N2O5. The molecule has 176 valence electrons. The van der Waals surface area contributed by atoms with Crippen molar-refractivity contribution < 1.29 is 24.5 Å². The molecule has 33 heavy (non-hydrogen) atoms. The lowest BCUT2D eigenvalue weighted by atomic mass is 9.94. The Hall–Kier alpha value is -3.32. The number of benzene rings is 2. The maximum atomic E-state index is 13.1. The van der Waals surface area contributed by atoms with Crippen LogP contribution in [-0.4, -0.2) is 65.0 Å². The topological polar surface area (TPSA) is 90.3 Å². The minimum Gasteiger partial charge on any atom is -0.507 e. The maximum absolute atomic E-state index is 13.1. The first kappa shape index (κ1) is 24.3. The SMILES string of the molecule is CCN(CC)CCCN1C(=O)C(=O)C(=C(O)c2ccc(OC)cc2O)[C@@H]1c1ccc(C)cc1. The van der Waals surface area contributed by atoms with Crippen LogP contribution in [0.5, 0.6) is 11.5 Å². The van der Waals surface area contributed by atoms with Crippen LogP contribution in [0.2, 0.25) is 0 Å². The van der Waals surface area contributed by atoms with Gasteiger partial charge in [-0.2, -0.15) is 0 Å². The van der Waals surface area contributed by atoms with Gasteiger partial charge in [0.1, 0.15) is 17.3 Å². The first-order valence-electron chi connectivity index (χ1n) is 11.3. The molecule has 2 N–H and O–H groups in total. The molecule has 0 aromatic heterocycles. The molecule has 0 spiro atoms. The van der Waals surface area contributed by atoms with Crippen molar-refractivity contribution in [3.05, 3.63) is 64.7 Å². The number of aliphatic hydroxyl groups is 1. The number of aromatic hydroxyl groups is 1. The van der Waals surface area contributed by atoms with Gasteiger partial charge in [-0.25, -0.2) is 0 Å². The number of likely N-dealkylation sites (tertiary alicyclic amines) is 1. The molecule has 2 aromatic carbocycles. The zero-order chi connectivity index (χ0) is 24.1. The molecule has 1 saturated heterocycles. The lowest BCUT2D eigenvalue weighted by Gasteiger charge is -2.27. The normalized spacial score (nSPS) is 17.7. The summed E-state index contributed by atoms with van der Waals surface area (Å²) in [6.45, 7) is 9.13. The monoisotopic (exact) mass is 452 g/mol. The molecule has 1 atom stereocenters. The molecule has 1 aliphatic heterocycles. The number of carbonyl (C=O) groups is 2. The zero-order valence-electron chi connectivity index (χ0n) is 19.7. The number of hydrogen-bond acceptors (Lipinski definition) is 6. The van der Waals surface area contributed by atoms with Crippen LogP contribution in [0.15, 0.2) is 48.0 Å². The van der Waals surface area contributed by atoms with Crippen LogP contribution in [0.4, 0.5) is 0 Å². The number of Topliss-reactive ketones (excluding diaryl/α,β-unsaturated/α-hetero) is 1. The first-order valence-corrected chi connectivity index (χ1v) is 11.3. The van der Waals surface area contributed by atoms with Gasteiger partial charge in [0.25, 0.3) is 11.7 Å². The fraction of sp³-hybridized carbons (Fsp3) is 0.385. The summed E-state index contributed by atoms with van der Waals surface area (Å²) in [5, 5.41) is 21.5. The highest BCUT2D eigenvalue weighted by atomic mass is 16.5. The average molecular weight is 453 g/mol. The number of phenols is 1. The average Bonchev–Trinajstić information content (AvgIpc) is 3.06. The van der Waals surface area contributed by atoms with Gasteiger partial charge in [0.2, 0.25) is 0 Å². The maximum Gasteiger partial charge on any atom is 0.295 e. The Morgan fingerprint density at radius 1 is 1.09 bits per heavy atom. The molecule has 3 rings (SSSR count). The fourth-order valence-electron chi connectivity index (χ4n) is 4.19. The van der Waals surface area contributed by atoms with E-state index < -0.39 is 23.5 Å². The van der Waals surface area contributed by atoms with Crippen molar-refractivity contribution in [1.82, 2.24) is 9.80 Å². The highest BCUT2D eigenvalue weighted by Crippen LogP contribution is 2.41. The van der Waals surface area contributed by atoms with E-state index in [1.54, 1.807) is 6.07 Å². The number of phenolic OH excluding ortho intramolecular Hbond substituents is 1. The van der Waals surface area contributed by atoms with Crippen LogP contribution in [0.1, 0.15) is 43.0 Å². The minimum atomic E-state index is -0.754. The van der Waals surface area contributed by atoms with Gasteiger partial charge >= 0.3 is 0 Å². The molecule has 0 saturated carbocycles. The van der Waals surface area contributed by atoms with Gasteiger partial charge in [-0.15, -0.1) is 0 Å². The minimum absolute atomic E-state index is 0.0211. The molecule has 0 radical (unpaired) electrons. The number of aryl methyl sites for hydroxylation is 1. The number of methoxy groups -OCH3 is 1. The molecule has 1 fully saturated rings. The Morgan fingerprint density at radius 2 is 1.76 bits per heavy atom. The number of ether oxygens (including phenoxy) is 1. The molecule has 0 bridgehead atoms. The predicted octanol–water partition coefficient (Wildman–Crippen LogP) is 3.86. The van der Waals surface area contributed by atoms with Gasteiger partial charge in [0.15, 0.2) is 0 Å². The number of ketones is 1. The van der Waals surface area contributed by atoms with E-state index in [2.05, 4.69) is 18.7 Å². The van der Waals surface area contributed by atoms with E-state index in [4.69, 9.17) is 4.74 Å².